The van der Waals surface area contributed by atoms with E-state index in [2.05, 4.69) is 5.32 Å². The van der Waals surface area contributed by atoms with E-state index >= 15 is 0 Å². The minimum Gasteiger partial charge on any atom is -0.497 e. The summed E-state index contributed by atoms with van der Waals surface area (Å²) in [5.74, 6) is -2.39. The van der Waals surface area contributed by atoms with Gasteiger partial charge in [-0.3, -0.25) is 9.59 Å². The fourth-order valence-corrected chi connectivity index (χ4v) is 4.52. The molecule has 2 aromatic rings. The number of piperidine rings is 1. The van der Waals surface area contributed by atoms with Crippen LogP contribution in [0.4, 0.5) is 14.5 Å². The van der Waals surface area contributed by atoms with Crippen LogP contribution >= 0.6 is 0 Å². The number of pyridine rings is 1. The number of anilines is 1. The molecular weight excluding hydrogens is 392 g/mol. The summed E-state index contributed by atoms with van der Waals surface area (Å²) in [7, 11) is 1.33. The van der Waals surface area contributed by atoms with Crippen LogP contribution in [0, 0.1) is 18.6 Å². The Morgan fingerprint density at radius 2 is 1.80 bits per heavy atom. The van der Waals surface area contributed by atoms with Gasteiger partial charge in [0.2, 0.25) is 5.91 Å². The Labute approximate surface area is 173 Å². The third kappa shape index (κ3) is 3.60. The predicted octanol–water partition coefficient (Wildman–Crippen LogP) is 2.89. The number of carbonyl (C=O) groups excluding carboxylic acids is 1. The predicted molar refractivity (Wildman–Crippen MR) is 109 cm³/mol. The van der Waals surface area contributed by atoms with E-state index in [4.69, 9.17) is 4.74 Å². The first-order chi connectivity index (χ1) is 14.4. The Balaban J connectivity index is 1.68. The molecule has 1 atom stereocenters. The maximum absolute atomic E-state index is 14.6. The lowest BCUT2D eigenvalue weighted by Gasteiger charge is -2.27. The van der Waals surface area contributed by atoms with Crippen molar-refractivity contribution in [1.29, 1.82) is 0 Å². The van der Waals surface area contributed by atoms with Crippen molar-refractivity contribution in [1.82, 2.24) is 9.88 Å². The number of halogens is 2. The van der Waals surface area contributed by atoms with Crippen LogP contribution in [0.15, 0.2) is 29.2 Å². The number of ether oxygens (including phenoxy) is 1. The van der Waals surface area contributed by atoms with E-state index in [1.807, 2.05) is 6.07 Å². The molecule has 0 saturated carbocycles. The van der Waals surface area contributed by atoms with Crippen molar-refractivity contribution < 1.29 is 18.3 Å². The van der Waals surface area contributed by atoms with Gasteiger partial charge in [0.15, 0.2) is 0 Å². The number of nitrogens with one attached hydrogen (secondary N) is 1. The summed E-state index contributed by atoms with van der Waals surface area (Å²) in [6.45, 7) is 3.51. The van der Waals surface area contributed by atoms with Gasteiger partial charge in [-0.05, 0) is 44.5 Å². The number of aryl methyl sites for hydroxylation is 1. The van der Waals surface area contributed by atoms with Gasteiger partial charge in [-0.1, -0.05) is 0 Å². The van der Waals surface area contributed by atoms with Gasteiger partial charge >= 0.3 is 0 Å². The second-order valence-corrected chi connectivity index (χ2v) is 7.95. The van der Waals surface area contributed by atoms with E-state index in [-0.39, 0.29) is 41.8 Å². The molecule has 2 aliphatic heterocycles. The maximum atomic E-state index is 14.6. The quantitative estimate of drug-likeness (QED) is 0.831. The molecule has 2 fully saturated rings. The maximum Gasteiger partial charge on any atom is 0.275 e. The van der Waals surface area contributed by atoms with Gasteiger partial charge in [0.05, 0.1) is 7.11 Å². The van der Waals surface area contributed by atoms with Crippen LogP contribution in [0.1, 0.15) is 42.3 Å². The monoisotopic (exact) mass is 417 g/mol. The number of carbonyl (C=O) groups is 1. The first-order valence-corrected chi connectivity index (χ1v) is 10.2. The molecular formula is C22H25F2N3O3. The molecule has 0 bridgehead atoms. The molecule has 8 heteroatoms. The van der Waals surface area contributed by atoms with Crippen LogP contribution in [0.25, 0.3) is 0 Å². The van der Waals surface area contributed by atoms with Crippen molar-refractivity contribution >= 4 is 11.6 Å². The number of hydrogen-bond donors (Lipinski definition) is 1. The van der Waals surface area contributed by atoms with E-state index in [0.29, 0.717) is 11.3 Å². The zero-order chi connectivity index (χ0) is 21.4. The summed E-state index contributed by atoms with van der Waals surface area (Å²) in [4.78, 5) is 27.5. The lowest BCUT2D eigenvalue weighted by molar-refractivity contribution is -0.117. The molecule has 3 heterocycles. The van der Waals surface area contributed by atoms with Gasteiger partial charge in [-0.25, -0.2) is 8.78 Å². The second-order valence-electron chi connectivity index (χ2n) is 7.95. The van der Waals surface area contributed by atoms with Crippen molar-refractivity contribution in [3.63, 3.8) is 0 Å². The standard InChI is InChI=1S/C22H25F2N3O3/c1-13-5-8-26(15-3-6-25-7-4-15)22(29)21(13)27-12-14(9-19(27)28)20-17(23)10-16(30-2)11-18(20)24/h5,8,10-11,14-15,25H,3-4,6-7,9,12H2,1-2H3. The number of nitrogens with zero attached hydrogens (tertiary/aromatic N) is 2. The van der Waals surface area contributed by atoms with Gasteiger partial charge in [-0.2, -0.15) is 0 Å². The van der Waals surface area contributed by atoms with Gasteiger partial charge in [-0.15, -0.1) is 0 Å². The molecule has 160 valence electrons. The average Bonchev–Trinajstić information content (AvgIpc) is 3.09. The van der Waals surface area contributed by atoms with Crippen LogP contribution in [0.5, 0.6) is 5.75 Å². The zero-order valence-corrected chi connectivity index (χ0v) is 17.1. The van der Waals surface area contributed by atoms with Gasteiger partial charge < -0.3 is 19.5 Å². The molecule has 1 unspecified atom stereocenters. The Kier molecular flexibility index (Phi) is 5.60. The highest BCUT2D eigenvalue weighted by Crippen LogP contribution is 2.36. The van der Waals surface area contributed by atoms with E-state index in [0.717, 1.165) is 38.1 Å². The lowest BCUT2D eigenvalue weighted by atomic mass is 9.97. The lowest BCUT2D eigenvalue weighted by Crippen LogP contribution is -2.38. The average molecular weight is 417 g/mol. The minimum absolute atomic E-state index is 0.0543. The molecule has 2 saturated heterocycles. The molecule has 0 spiro atoms. The highest BCUT2D eigenvalue weighted by Gasteiger charge is 2.37. The first kappa shape index (κ1) is 20.5. The van der Waals surface area contributed by atoms with Crippen LogP contribution < -0.4 is 20.5 Å². The molecule has 1 N–H and O–H groups in total. The van der Waals surface area contributed by atoms with Gasteiger partial charge in [0.25, 0.3) is 5.56 Å². The van der Waals surface area contributed by atoms with Crippen LogP contribution in [-0.4, -0.2) is 37.2 Å². The second kappa shape index (κ2) is 8.18. The minimum atomic E-state index is -0.747. The van der Waals surface area contributed by atoms with E-state index < -0.39 is 17.6 Å². The zero-order valence-electron chi connectivity index (χ0n) is 17.1. The molecule has 1 aromatic carbocycles. The molecule has 0 aliphatic carbocycles. The molecule has 1 amide bonds. The van der Waals surface area contributed by atoms with E-state index in [1.54, 1.807) is 17.7 Å². The number of benzene rings is 1. The van der Waals surface area contributed by atoms with Crippen molar-refractivity contribution in [2.75, 3.05) is 31.6 Å². The number of amides is 1. The van der Waals surface area contributed by atoms with E-state index in [9.17, 15) is 18.4 Å². The molecule has 30 heavy (non-hydrogen) atoms. The molecule has 1 aromatic heterocycles. The molecule has 6 nitrogen and oxygen atoms in total. The third-order valence-corrected chi connectivity index (χ3v) is 6.09. The van der Waals surface area contributed by atoms with Crippen molar-refractivity contribution in [2.24, 2.45) is 0 Å². The number of rotatable bonds is 4. The molecule has 2 aliphatic rings. The number of methoxy groups -OCH3 is 1. The van der Waals surface area contributed by atoms with Crippen LogP contribution in [0.3, 0.4) is 0 Å². The van der Waals surface area contributed by atoms with Crippen molar-refractivity contribution in [3.05, 3.63) is 57.5 Å². The summed E-state index contributed by atoms with van der Waals surface area (Å²) in [5.41, 5.74) is 0.609. The highest BCUT2D eigenvalue weighted by molar-refractivity contribution is 5.97. The van der Waals surface area contributed by atoms with Crippen molar-refractivity contribution in [2.45, 2.75) is 38.1 Å². The van der Waals surface area contributed by atoms with E-state index in [1.165, 1.54) is 12.0 Å². The summed E-state index contributed by atoms with van der Waals surface area (Å²) in [6, 6.07) is 4.13. The number of aromatic nitrogens is 1. The topological polar surface area (TPSA) is 63.6 Å². The normalized spacial score (nSPS) is 20.1. The number of hydrogen-bond acceptors (Lipinski definition) is 4. The molecule has 4 rings (SSSR count). The smallest absolute Gasteiger partial charge is 0.275 e. The first-order valence-electron chi connectivity index (χ1n) is 10.2. The fraction of sp³-hybridized carbons (Fsp3) is 0.455. The fourth-order valence-electron chi connectivity index (χ4n) is 4.52. The molecule has 0 radical (unpaired) electrons. The van der Waals surface area contributed by atoms with Crippen LogP contribution in [-0.2, 0) is 4.79 Å². The highest BCUT2D eigenvalue weighted by atomic mass is 19.1. The van der Waals surface area contributed by atoms with Crippen molar-refractivity contribution in [3.8, 4) is 5.75 Å². The Bertz CT molecular complexity index is 1010. The Morgan fingerprint density at radius 3 is 2.43 bits per heavy atom. The summed E-state index contributed by atoms with van der Waals surface area (Å²) in [5, 5.41) is 3.27. The third-order valence-electron chi connectivity index (χ3n) is 6.09. The summed E-state index contributed by atoms with van der Waals surface area (Å²) < 4.78 is 35.7. The SMILES string of the molecule is COc1cc(F)c(C2CC(=O)N(c3c(C)ccn(C4CCNCC4)c3=O)C2)c(F)c1. The Morgan fingerprint density at radius 1 is 1.13 bits per heavy atom. The Hall–Kier alpha value is -2.74. The van der Waals surface area contributed by atoms with Crippen LogP contribution in [0.2, 0.25) is 0 Å². The summed E-state index contributed by atoms with van der Waals surface area (Å²) >= 11 is 0. The largest absolute Gasteiger partial charge is 0.497 e. The van der Waals surface area contributed by atoms with Gasteiger partial charge in [0, 0.05) is 48.8 Å². The summed E-state index contributed by atoms with van der Waals surface area (Å²) in [6.07, 6.45) is 3.39. The van der Waals surface area contributed by atoms with Gasteiger partial charge in [0.1, 0.15) is 23.1 Å².